The molecule has 2 aliphatic heterocycles. The van der Waals surface area contributed by atoms with Gasteiger partial charge in [0.1, 0.15) is 0 Å². The average molecular weight is 494 g/mol. The van der Waals surface area contributed by atoms with Gasteiger partial charge in [0, 0.05) is 61.2 Å². The normalized spacial score (nSPS) is 39.4. The molecule has 5 unspecified atom stereocenters. The molecule has 6 nitrogen and oxygen atoms in total. The van der Waals surface area contributed by atoms with Crippen LogP contribution in [0.25, 0.3) is 0 Å². The maximum Gasteiger partial charge on any atom is 0.0658 e. The molecule has 0 spiro atoms. The first-order valence-corrected chi connectivity index (χ1v) is 15.0. The fourth-order valence-corrected chi connectivity index (χ4v) is 7.89. The number of piperazine rings is 1. The van der Waals surface area contributed by atoms with Crippen LogP contribution in [0.4, 0.5) is 5.69 Å². The SMILES string of the molecule is Cc1ccc(NC2CC3NC4CCCCC4N(C4CCC(C)CC4)C3CC2=NC2CCOCC2)cn1. The van der Waals surface area contributed by atoms with E-state index in [1.165, 1.54) is 57.1 Å². The zero-order valence-electron chi connectivity index (χ0n) is 22.5. The molecule has 6 rings (SSSR count). The van der Waals surface area contributed by atoms with E-state index in [0.717, 1.165) is 62.2 Å². The number of ether oxygens (including phenoxy) is 1. The number of pyridine rings is 1. The maximum absolute atomic E-state index is 5.66. The van der Waals surface area contributed by atoms with E-state index in [2.05, 4.69) is 46.5 Å². The van der Waals surface area contributed by atoms with E-state index in [9.17, 15) is 0 Å². The van der Waals surface area contributed by atoms with Crippen molar-refractivity contribution in [3.8, 4) is 0 Å². The number of anilines is 1. The lowest BCUT2D eigenvalue weighted by atomic mass is 9.74. The number of nitrogens with zero attached hydrogens (tertiary/aromatic N) is 3. The lowest BCUT2D eigenvalue weighted by Crippen LogP contribution is -2.72. The minimum absolute atomic E-state index is 0.277. The number of hydrogen-bond donors (Lipinski definition) is 2. The molecule has 3 heterocycles. The van der Waals surface area contributed by atoms with E-state index in [-0.39, 0.29) is 6.04 Å². The van der Waals surface area contributed by atoms with Gasteiger partial charge in [-0.2, -0.15) is 0 Å². The highest BCUT2D eigenvalue weighted by Gasteiger charge is 2.49. The van der Waals surface area contributed by atoms with Crippen molar-refractivity contribution in [1.29, 1.82) is 0 Å². The predicted octanol–water partition coefficient (Wildman–Crippen LogP) is 5.12. The molecule has 0 aromatic carbocycles. The van der Waals surface area contributed by atoms with Crippen LogP contribution in [0.2, 0.25) is 0 Å². The molecule has 198 valence electrons. The summed E-state index contributed by atoms with van der Waals surface area (Å²) in [4.78, 5) is 13.1. The number of hydrogen-bond acceptors (Lipinski definition) is 6. The molecule has 1 aromatic heterocycles. The van der Waals surface area contributed by atoms with Crippen molar-refractivity contribution >= 4 is 11.4 Å². The van der Waals surface area contributed by atoms with Gasteiger partial charge in [-0.15, -0.1) is 0 Å². The Hall–Kier alpha value is -1.50. The first kappa shape index (κ1) is 24.8. The van der Waals surface area contributed by atoms with Gasteiger partial charge in [-0.3, -0.25) is 14.9 Å². The molecule has 5 atom stereocenters. The summed E-state index contributed by atoms with van der Waals surface area (Å²) < 4.78 is 5.66. The standard InChI is InChI=1S/C30H47N5O/c1-20-7-11-24(12-8-20)35-29-6-4-3-5-25(29)34-28-17-26(33-23-10-9-21(2)31-19-23)27(18-30(28)35)32-22-13-15-36-16-14-22/h9-10,19-20,22,24-26,28-30,33-34H,3-8,11-18H2,1-2H3. The van der Waals surface area contributed by atoms with E-state index < -0.39 is 0 Å². The van der Waals surface area contributed by atoms with E-state index in [1.54, 1.807) is 0 Å². The third kappa shape index (κ3) is 5.37. The summed E-state index contributed by atoms with van der Waals surface area (Å²) in [5, 5.41) is 8.08. The number of nitrogens with one attached hydrogen (secondary N) is 2. The van der Waals surface area contributed by atoms with Crippen LogP contribution in [0, 0.1) is 12.8 Å². The summed E-state index contributed by atoms with van der Waals surface area (Å²) in [6.45, 7) is 6.21. The zero-order chi connectivity index (χ0) is 24.5. The lowest BCUT2D eigenvalue weighted by Gasteiger charge is -2.58. The quantitative estimate of drug-likeness (QED) is 0.610. The predicted molar refractivity (Wildman–Crippen MR) is 147 cm³/mol. The van der Waals surface area contributed by atoms with Crippen molar-refractivity contribution in [1.82, 2.24) is 15.2 Å². The fraction of sp³-hybridized carbons (Fsp3) is 0.800. The van der Waals surface area contributed by atoms with Gasteiger partial charge in [0.2, 0.25) is 0 Å². The van der Waals surface area contributed by atoms with Gasteiger partial charge >= 0.3 is 0 Å². The molecule has 3 aliphatic carbocycles. The zero-order valence-corrected chi connectivity index (χ0v) is 22.5. The summed E-state index contributed by atoms with van der Waals surface area (Å²) in [5.74, 6) is 0.899. The second-order valence-corrected chi connectivity index (χ2v) is 12.4. The van der Waals surface area contributed by atoms with Crippen LogP contribution in [0.1, 0.15) is 89.7 Å². The van der Waals surface area contributed by atoms with Crippen molar-refractivity contribution < 1.29 is 4.74 Å². The summed E-state index contributed by atoms with van der Waals surface area (Å²) in [6, 6.07) is 8.24. The lowest BCUT2D eigenvalue weighted by molar-refractivity contribution is -0.0377. The van der Waals surface area contributed by atoms with Gasteiger partial charge < -0.3 is 15.4 Å². The van der Waals surface area contributed by atoms with Crippen LogP contribution >= 0.6 is 0 Å². The molecule has 2 N–H and O–H groups in total. The number of rotatable bonds is 4. The Balaban J connectivity index is 1.29. The monoisotopic (exact) mass is 493 g/mol. The second-order valence-electron chi connectivity index (χ2n) is 12.4. The van der Waals surface area contributed by atoms with Gasteiger partial charge in [-0.05, 0) is 82.8 Å². The van der Waals surface area contributed by atoms with Crippen LogP contribution < -0.4 is 10.6 Å². The molecular weight excluding hydrogens is 446 g/mol. The highest BCUT2D eigenvalue weighted by molar-refractivity contribution is 5.93. The maximum atomic E-state index is 5.66. The van der Waals surface area contributed by atoms with Crippen molar-refractivity contribution in [2.24, 2.45) is 10.9 Å². The number of aromatic nitrogens is 1. The molecular formula is C30H47N5O. The van der Waals surface area contributed by atoms with E-state index in [1.807, 2.05) is 6.20 Å². The first-order valence-electron chi connectivity index (χ1n) is 15.0. The summed E-state index contributed by atoms with van der Waals surface area (Å²) in [7, 11) is 0. The van der Waals surface area contributed by atoms with Gasteiger partial charge in [0.15, 0.2) is 0 Å². The van der Waals surface area contributed by atoms with Crippen LogP contribution in [-0.4, -0.2) is 71.1 Å². The Morgan fingerprint density at radius 2 is 1.78 bits per heavy atom. The Morgan fingerprint density at radius 1 is 0.972 bits per heavy atom. The minimum atomic E-state index is 0.277. The first-order chi connectivity index (χ1) is 17.6. The third-order valence-electron chi connectivity index (χ3n) is 9.90. The highest BCUT2D eigenvalue weighted by Crippen LogP contribution is 2.40. The molecule has 36 heavy (non-hydrogen) atoms. The number of aryl methyl sites for hydroxylation is 1. The molecule has 5 fully saturated rings. The molecule has 0 bridgehead atoms. The van der Waals surface area contributed by atoms with Crippen LogP contribution in [0.15, 0.2) is 23.3 Å². The Kier molecular flexibility index (Phi) is 7.64. The fourth-order valence-electron chi connectivity index (χ4n) is 7.89. The summed E-state index contributed by atoms with van der Waals surface area (Å²) >= 11 is 0. The average Bonchev–Trinajstić information content (AvgIpc) is 2.90. The van der Waals surface area contributed by atoms with Gasteiger partial charge in [0.05, 0.1) is 24.0 Å². The molecule has 5 aliphatic rings. The largest absolute Gasteiger partial charge is 0.381 e. The van der Waals surface area contributed by atoms with E-state index in [0.29, 0.717) is 30.2 Å². The Bertz CT molecular complexity index is 889. The smallest absolute Gasteiger partial charge is 0.0658 e. The van der Waals surface area contributed by atoms with Crippen LogP contribution in [0.3, 0.4) is 0 Å². The van der Waals surface area contributed by atoms with Crippen molar-refractivity contribution in [2.45, 2.75) is 133 Å². The van der Waals surface area contributed by atoms with E-state index in [4.69, 9.17) is 9.73 Å². The molecule has 0 amide bonds. The topological polar surface area (TPSA) is 61.8 Å². The summed E-state index contributed by atoms with van der Waals surface area (Å²) in [6.07, 6.45) is 17.4. The van der Waals surface area contributed by atoms with Gasteiger partial charge in [-0.25, -0.2) is 0 Å². The number of fused-ring (bicyclic) bond motifs is 2. The Labute approximate surface area is 218 Å². The van der Waals surface area contributed by atoms with Crippen LogP contribution in [-0.2, 0) is 4.74 Å². The van der Waals surface area contributed by atoms with Crippen molar-refractivity contribution in [3.63, 3.8) is 0 Å². The molecule has 1 aromatic rings. The van der Waals surface area contributed by atoms with Crippen LogP contribution in [0.5, 0.6) is 0 Å². The molecule has 3 saturated carbocycles. The summed E-state index contributed by atoms with van der Waals surface area (Å²) in [5.41, 5.74) is 3.58. The Morgan fingerprint density at radius 3 is 2.56 bits per heavy atom. The third-order valence-corrected chi connectivity index (χ3v) is 9.90. The minimum Gasteiger partial charge on any atom is -0.381 e. The molecule has 0 radical (unpaired) electrons. The molecule has 2 saturated heterocycles. The van der Waals surface area contributed by atoms with E-state index >= 15 is 0 Å². The number of aliphatic imine (C=N–C) groups is 1. The van der Waals surface area contributed by atoms with Crippen molar-refractivity contribution in [2.75, 3.05) is 18.5 Å². The second kappa shape index (κ2) is 11.1. The van der Waals surface area contributed by atoms with Crippen molar-refractivity contribution in [3.05, 3.63) is 24.0 Å². The highest BCUT2D eigenvalue weighted by atomic mass is 16.5. The van der Waals surface area contributed by atoms with Gasteiger partial charge in [0.25, 0.3) is 0 Å². The van der Waals surface area contributed by atoms with Gasteiger partial charge in [-0.1, -0.05) is 19.8 Å². The molecule has 6 heteroatoms.